The van der Waals surface area contributed by atoms with E-state index in [1.54, 1.807) is 13.8 Å². The van der Waals surface area contributed by atoms with Crippen molar-refractivity contribution in [1.82, 2.24) is 15.3 Å². The maximum Gasteiger partial charge on any atom is 0.305 e. The molecule has 0 spiro atoms. The van der Waals surface area contributed by atoms with Crippen LogP contribution in [0.4, 0.5) is 0 Å². The lowest BCUT2D eigenvalue weighted by Gasteiger charge is -2.28. The first-order chi connectivity index (χ1) is 12.7. The third-order valence-electron chi connectivity index (χ3n) is 3.90. The zero-order valence-corrected chi connectivity index (χ0v) is 16.7. The van der Waals surface area contributed by atoms with E-state index in [9.17, 15) is 9.59 Å². The van der Waals surface area contributed by atoms with E-state index in [4.69, 9.17) is 19.3 Å². The Balaban J connectivity index is 2.43. The fourth-order valence-corrected chi connectivity index (χ4v) is 3.90. The fraction of sp³-hybridized carbons (Fsp3) is 0.529. The van der Waals surface area contributed by atoms with Crippen LogP contribution in [0.5, 0.6) is 5.88 Å². The van der Waals surface area contributed by atoms with Crippen LogP contribution in [0.1, 0.15) is 34.4 Å². The van der Waals surface area contributed by atoms with E-state index >= 15 is 0 Å². The molecule has 0 saturated carbocycles. The summed E-state index contributed by atoms with van der Waals surface area (Å²) in [6.07, 6.45) is -0.266. The number of rotatable bonds is 9. The number of aromatic nitrogens is 2. The molecule has 2 heterocycles. The van der Waals surface area contributed by atoms with Gasteiger partial charge in [0.2, 0.25) is 5.88 Å². The number of ether oxygens (including phenoxy) is 3. The van der Waals surface area contributed by atoms with Gasteiger partial charge in [-0.05, 0) is 19.4 Å². The van der Waals surface area contributed by atoms with Crippen LogP contribution in [0, 0.1) is 6.92 Å². The standard InChI is InChI=1S/C17H23N3O6S/c1-9-12-15(26-5)18-10(7-24-3)19-16(12)27-13(9)14(23)20-17(2,8-25-4)6-11(21)22/h6-8H2,1-5H3,(H,20,23)(H,21,22). The van der Waals surface area contributed by atoms with Gasteiger partial charge in [-0.2, -0.15) is 4.98 Å². The number of nitrogens with one attached hydrogen (secondary N) is 1. The average molecular weight is 397 g/mol. The number of aliphatic carboxylic acids is 1. The first kappa shape index (κ1) is 21.0. The lowest BCUT2D eigenvalue weighted by Crippen LogP contribution is -2.50. The van der Waals surface area contributed by atoms with Gasteiger partial charge in [0.25, 0.3) is 5.91 Å². The summed E-state index contributed by atoms with van der Waals surface area (Å²) in [7, 11) is 4.49. The average Bonchev–Trinajstić information content (AvgIpc) is 2.90. The van der Waals surface area contributed by atoms with Gasteiger partial charge in [0.15, 0.2) is 5.82 Å². The van der Waals surface area contributed by atoms with Crippen LogP contribution in [0.3, 0.4) is 0 Å². The largest absolute Gasteiger partial charge is 0.481 e. The number of carbonyl (C=O) groups is 2. The van der Waals surface area contributed by atoms with Crippen molar-refractivity contribution in [2.75, 3.05) is 27.9 Å². The zero-order chi connectivity index (χ0) is 20.2. The highest BCUT2D eigenvalue weighted by atomic mass is 32.1. The van der Waals surface area contributed by atoms with E-state index in [2.05, 4.69) is 15.3 Å². The summed E-state index contributed by atoms with van der Waals surface area (Å²) in [5.41, 5.74) is -0.375. The van der Waals surface area contributed by atoms with Gasteiger partial charge in [-0.15, -0.1) is 11.3 Å². The van der Waals surface area contributed by atoms with Crippen molar-refractivity contribution in [1.29, 1.82) is 0 Å². The molecule has 27 heavy (non-hydrogen) atoms. The Morgan fingerprint density at radius 2 is 1.93 bits per heavy atom. The maximum atomic E-state index is 12.9. The van der Waals surface area contributed by atoms with E-state index in [1.165, 1.54) is 32.7 Å². The summed E-state index contributed by atoms with van der Waals surface area (Å²) in [4.78, 5) is 33.7. The Kier molecular flexibility index (Phi) is 6.68. The number of carbonyl (C=O) groups excluding carboxylic acids is 1. The van der Waals surface area contributed by atoms with Crippen LogP contribution in [-0.4, -0.2) is 60.4 Å². The van der Waals surface area contributed by atoms with E-state index in [0.29, 0.717) is 32.4 Å². The molecule has 2 aromatic rings. The number of aryl methyl sites for hydroxylation is 1. The van der Waals surface area contributed by atoms with Crippen LogP contribution in [0.25, 0.3) is 10.2 Å². The molecule has 0 aliphatic rings. The highest BCUT2D eigenvalue weighted by molar-refractivity contribution is 7.20. The molecule has 0 aliphatic heterocycles. The normalized spacial score (nSPS) is 13.4. The van der Waals surface area contributed by atoms with Crippen molar-refractivity contribution in [2.24, 2.45) is 0 Å². The van der Waals surface area contributed by atoms with Crippen LogP contribution < -0.4 is 10.1 Å². The van der Waals surface area contributed by atoms with Gasteiger partial charge in [0.1, 0.15) is 11.4 Å². The maximum absolute atomic E-state index is 12.9. The molecule has 2 N–H and O–H groups in total. The number of thiophene rings is 1. The molecule has 1 unspecified atom stereocenters. The van der Waals surface area contributed by atoms with Crippen LogP contribution >= 0.6 is 11.3 Å². The number of nitrogens with zero attached hydrogens (tertiary/aromatic N) is 2. The van der Waals surface area contributed by atoms with Gasteiger partial charge < -0.3 is 24.6 Å². The second-order valence-corrected chi connectivity index (χ2v) is 7.34. The molecule has 1 atom stereocenters. The summed E-state index contributed by atoms with van der Waals surface area (Å²) in [6.45, 7) is 3.69. The molecule has 0 bridgehead atoms. The molecular formula is C17H23N3O6S. The SMILES string of the molecule is COCc1nc(OC)c2c(C)c(C(=O)NC(C)(COC)CC(=O)O)sc2n1. The molecule has 148 valence electrons. The minimum absolute atomic E-state index is 0.0656. The monoisotopic (exact) mass is 397 g/mol. The quantitative estimate of drug-likeness (QED) is 0.657. The summed E-state index contributed by atoms with van der Waals surface area (Å²) >= 11 is 1.19. The summed E-state index contributed by atoms with van der Waals surface area (Å²) in [6, 6.07) is 0. The Morgan fingerprint density at radius 3 is 2.48 bits per heavy atom. The highest BCUT2D eigenvalue weighted by Crippen LogP contribution is 2.35. The predicted molar refractivity (Wildman–Crippen MR) is 99.4 cm³/mol. The molecule has 1 amide bonds. The van der Waals surface area contributed by atoms with Crippen molar-refractivity contribution >= 4 is 33.4 Å². The molecule has 2 aromatic heterocycles. The topological polar surface area (TPSA) is 120 Å². The summed E-state index contributed by atoms with van der Waals surface area (Å²) in [5, 5.41) is 12.6. The Bertz CT molecular complexity index is 853. The molecule has 0 aromatic carbocycles. The van der Waals surface area contributed by atoms with Crippen molar-refractivity contribution in [3.05, 3.63) is 16.3 Å². The number of methoxy groups -OCH3 is 3. The Labute approximate surface area is 160 Å². The minimum Gasteiger partial charge on any atom is -0.481 e. The lowest BCUT2D eigenvalue weighted by atomic mass is 9.98. The smallest absolute Gasteiger partial charge is 0.305 e. The molecule has 10 heteroatoms. The van der Waals surface area contributed by atoms with E-state index in [1.807, 2.05) is 0 Å². The number of hydrogen-bond donors (Lipinski definition) is 2. The van der Waals surface area contributed by atoms with Gasteiger partial charge in [-0.1, -0.05) is 0 Å². The molecule has 0 fully saturated rings. The highest BCUT2D eigenvalue weighted by Gasteiger charge is 2.31. The van der Waals surface area contributed by atoms with Gasteiger partial charge in [0.05, 0.1) is 35.9 Å². The van der Waals surface area contributed by atoms with Crippen molar-refractivity contribution in [3.8, 4) is 5.88 Å². The number of carboxylic acid groups (broad SMARTS) is 1. The van der Waals surface area contributed by atoms with E-state index < -0.39 is 17.4 Å². The third kappa shape index (κ3) is 4.71. The molecule has 2 rings (SSSR count). The second-order valence-electron chi connectivity index (χ2n) is 6.34. The first-order valence-corrected chi connectivity index (χ1v) is 8.92. The number of fused-ring (bicyclic) bond motifs is 1. The summed E-state index contributed by atoms with van der Waals surface area (Å²) < 4.78 is 15.5. The Morgan fingerprint density at radius 1 is 1.22 bits per heavy atom. The van der Waals surface area contributed by atoms with E-state index in [-0.39, 0.29) is 19.6 Å². The third-order valence-corrected chi connectivity index (χ3v) is 5.08. The van der Waals surface area contributed by atoms with Crippen LogP contribution in [0.2, 0.25) is 0 Å². The predicted octanol–water partition coefficient (Wildman–Crippen LogP) is 1.76. The van der Waals surface area contributed by atoms with Gasteiger partial charge in [-0.3, -0.25) is 9.59 Å². The molecule has 0 saturated heterocycles. The molecule has 9 nitrogen and oxygen atoms in total. The fourth-order valence-electron chi connectivity index (χ4n) is 2.82. The number of amides is 1. The van der Waals surface area contributed by atoms with Crippen molar-refractivity contribution in [3.63, 3.8) is 0 Å². The molecular weight excluding hydrogens is 374 g/mol. The lowest BCUT2D eigenvalue weighted by molar-refractivity contribution is -0.139. The van der Waals surface area contributed by atoms with Gasteiger partial charge in [-0.25, -0.2) is 4.98 Å². The molecule has 0 radical (unpaired) electrons. The Hall–Kier alpha value is -2.30. The van der Waals surface area contributed by atoms with E-state index in [0.717, 1.165) is 0 Å². The zero-order valence-electron chi connectivity index (χ0n) is 15.9. The molecule has 0 aliphatic carbocycles. The van der Waals surface area contributed by atoms with Gasteiger partial charge >= 0.3 is 5.97 Å². The first-order valence-electron chi connectivity index (χ1n) is 8.10. The van der Waals surface area contributed by atoms with Gasteiger partial charge in [0, 0.05) is 14.2 Å². The number of carboxylic acids is 1. The number of hydrogen-bond acceptors (Lipinski definition) is 8. The minimum atomic E-state index is -1.04. The van der Waals surface area contributed by atoms with Crippen molar-refractivity contribution in [2.45, 2.75) is 32.4 Å². The van der Waals surface area contributed by atoms with Crippen molar-refractivity contribution < 1.29 is 28.9 Å². The van der Waals surface area contributed by atoms with Crippen LogP contribution in [0.15, 0.2) is 0 Å². The van der Waals surface area contributed by atoms with Crippen LogP contribution in [-0.2, 0) is 20.9 Å². The second kappa shape index (κ2) is 8.59. The summed E-state index contributed by atoms with van der Waals surface area (Å²) in [5.74, 6) is -0.610.